The molecule has 0 aliphatic rings. The van der Waals surface area contributed by atoms with Gasteiger partial charge in [-0.3, -0.25) is 13.9 Å². The molecule has 236 valence electrons. The first-order valence-corrected chi connectivity index (χ1v) is 16.8. The van der Waals surface area contributed by atoms with Crippen molar-refractivity contribution in [2.75, 3.05) is 18.0 Å². The molecule has 0 bridgehead atoms. The van der Waals surface area contributed by atoms with Crippen molar-refractivity contribution in [2.24, 2.45) is 0 Å². The van der Waals surface area contributed by atoms with Crippen LogP contribution < -0.4 is 14.4 Å². The van der Waals surface area contributed by atoms with Crippen LogP contribution in [0.25, 0.3) is 0 Å². The van der Waals surface area contributed by atoms with Gasteiger partial charge in [0, 0.05) is 29.5 Å². The molecule has 0 heterocycles. The number of rotatable bonds is 13. The van der Waals surface area contributed by atoms with Gasteiger partial charge in [0.2, 0.25) is 11.8 Å². The minimum Gasteiger partial charge on any atom is -0.497 e. The zero-order chi connectivity index (χ0) is 32.6. The van der Waals surface area contributed by atoms with Crippen molar-refractivity contribution in [1.82, 2.24) is 10.2 Å². The number of ether oxygens (including phenoxy) is 1. The third-order valence-corrected chi connectivity index (χ3v) is 9.51. The van der Waals surface area contributed by atoms with Gasteiger partial charge in [-0.05, 0) is 68.3 Å². The van der Waals surface area contributed by atoms with E-state index in [1.165, 1.54) is 24.1 Å². The van der Waals surface area contributed by atoms with E-state index in [1.54, 1.807) is 36.4 Å². The molecule has 0 fully saturated rings. The minimum atomic E-state index is -4.20. The largest absolute Gasteiger partial charge is 0.497 e. The lowest BCUT2D eigenvalue weighted by Crippen LogP contribution is -2.54. The van der Waals surface area contributed by atoms with Gasteiger partial charge in [0.05, 0.1) is 17.7 Å². The highest BCUT2D eigenvalue weighted by Crippen LogP contribution is 2.28. The molecule has 1 N–H and O–H groups in total. The van der Waals surface area contributed by atoms with Crippen LogP contribution in [-0.4, -0.2) is 50.9 Å². The summed E-state index contributed by atoms with van der Waals surface area (Å²) in [5.41, 5.74) is 2.82. The molecule has 0 saturated carbocycles. The highest BCUT2D eigenvalue weighted by atomic mass is 79.9. The Kier molecular flexibility index (Phi) is 11.4. The highest BCUT2D eigenvalue weighted by molar-refractivity contribution is 9.10. The number of anilines is 1. The fourth-order valence-electron chi connectivity index (χ4n) is 4.85. The molecule has 4 rings (SSSR count). The second-order valence-electron chi connectivity index (χ2n) is 11.0. The SMILES string of the molecule is COc1cccc(N(CC(=O)N(Cc2ccc(Br)cc2)C(Cc2ccccc2)C(=O)NC(C)C)S(=O)(=O)c2ccc(C)cc2)c1. The lowest BCUT2D eigenvalue weighted by atomic mass is 10.0. The molecule has 0 saturated heterocycles. The first-order valence-electron chi connectivity index (χ1n) is 14.6. The van der Waals surface area contributed by atoms with Crippen molar-refractivity contribution >= 4 is 43.5 Å². The predicted molar refractivity (Wildman–Crippen MR) is 181 cm³/mol. The van der Waals surface area contributed by atoms with E-state index in [1.807, 2.05) is 75.4 Å². The predicted octanol–water partition coefficient (Wildman–Crippen LogP) is 6.13. The van der Waals surface area contributed by atoms with E-state index in [0.29, 0.717) is 5.75 Å². The van der Waals surface area contributed by atoms with Gasteiger partial charge in [-0.2, -0.15) is 0 Å². The number of hydrogen-bond acceptors (Lipinski definition) is 5. The van der Waals surface area contributed by atoms with Crippen LogP contribution in [0, 0.1) is 6.92 Å². The quantitative estimate of drug-likeness (QED) is 0.182. The van der Waals surface area contributed by atoms with Crippen molar-refractivity contribution in [3.05, 3.63) is 124 Å². The van der Waals surface area contributed by atoms with Crippen LogP contribution in [0.1, 0.15) is 30.5 Å². The Morgan fingerprint density at radius 2 is 1.53 bits per heavy atom. The van der Waals surface area contributed by atoms with Gasteiger partial charge in [-0.15, -0.1) is 0 Å². The molecular weight excluding hydrogens is 654 g/mol. The number of nitrogens with one attached hydrogen (secondary N) is 1. The molecule has 0 spiro atoms. The Balaban J connectivity index is 1.81. The fourth-order valence-corrected chi connectivity index (χ4v) is 6.52. The molecule has 4 aromatic carbocycles. The third kappa shape index (κ3) is 8.95. The zero-order valence-electron chi connectivity index (χ0n) is 25.8. The fraction of sp³-hybridized carbons (Fsp3) is 0.257. The summed E-state index contributed by atoms with van der Waals surface area (Å²) in [5.74, 6) is -0.418. The van der Waals surface area contributed by atoms with E-state index < -0.39 is 28.5 Å². The molecule has 10 heteroatoms. The zero-order valence-corrected chi connectivity index (χ0v) is 28.2. The molecule has 1 atom stereocenters. The van der Waals surface area contributed by atoms with Crippen molar-refractivity contribution in [3.8, 4) is 5.75 Å². The third-order valence-electron chi connectivity index (χ3n) is 7.20. The van der Waals surface area contributed by atoms with Crippen LogP contribution in [0.15, 0.2) is 112 Å². The number of carbonyl (C=O) groups is 2. The first kappa shape index (κ1) is 33.7. The minimum absolute atomic E-state index is 0.0431. The Labute approximate surface area is 274 Å². The smallest absolute Gasteiger partial charge is 0.264 e. The van der Waals surface area contributed by atoms with Gasteiger partial charge in [-0.25, -0.2) is 8.42 Å². The average Bonchev–Trinajstić information content (AvgIpc) is 3.02. The van der Waals surface area contributed by atoms with E-state index >= 15 is 0 Å². The normalized spacial score (nSPS) is 12.0. The summed E-state index contributed by atoms with van der Waals surface area (Å²) in [7, 11) is -2.71. The monoisotopic (exact) mass is 691 g/mol. The lowest BCUT2D eigenvalue weighted by Gasteiger charge is -2.34. The maximum atomic E-state index is 14.5. The highest BCUT2D eigenvalue weighted by Gasteiger charge is 2.35. The summed E-state index contributed by atoms with van der Waals surface area (Å²) >= 11 is 3.45. The molecule has 4 aromatic rings. The van der Waals surface area contributed by atoms with Gasteiger partial charge >= 0.3 is 0 Å². The van der Waals surface area contributed by atoms with Crippen LogP contribution in [0.3, 0.4) is 0 Å². The van der Waals surface area contributed by atoms with E-state index in [9.17, 15) is 18.0 Å². The van der Waals surface area contributed by atoms with Crippen molar-refractivity contribution in [1.29, 1.82) is 0 Å². The number of aryl methyl sites for hydroxylation is 1. The van der Waals surface area contributed by atoms with Crippen LogP contribution in [0.5, 0.6) is 5.75 Å². The number of benzene rings is 4. The summed E-state index contributed by atoms with van der Waals surface area (Å²) < 4.78 is 35.7. The Morgan fingerprint density at radius 3 is 2.16 bits per heavy atom. The first-order chi connectivity index (χ1) is 21.5. The van der Waals surface area contributed by atoms with Crippen LogP contribution in [0.2, 0.25) is 0 Å². The lowest BCUT2D eigenvalue weighted by molar-refractivity contribution is -0.140. The molecule has 0 radical (unpaired) electrons. The summed E-state index contributed by atoms with van der Waals surface area (Å²) in [4.78, 5) is 29.8. The molecule has 8 nitrogen and oxygen atoms in total. The maximum Gasteiger partial charge on any atom is 0.264 e. The van der Waals surface area contributed by atoms with Gasteiger partial charge in [0.1, 0.15) is 18.3 Å². The molecule has 0 aliphatic carbocycles. The summed E-state index contributed by atoms with van der Waals surface area (Å²) in [5, 5.41) is 2.97. The number of methoxy groups -OCH3 is 1. The van der Waals surface area contributed by atoms with E-state index in [4.69, 9.17) is 4.74 Å². The van der Waals surface area contributed by atoms with E-state index in [-0.39, 0.29) is 35.5 Å². The molecule has 0 aliphatic heterocycles. The number of nitrogens with zero attached hydrogens (tertiary/aromatic N) is 2. The number of amides is 2. The number of hydrogen-bond donors (Lipinski definition) is 1. The van der Waals surface area contributed by atoms with E-state index in [2.05, 4.69) is 21.2 Å². The maximum absolute atomic E-state index is 14.5. The Hall–Kier alpha value is -4.15. The number of sulfonamides is 1. The molecule has 2 amide bonds. The molecule has 45 heavy (non-hydrogen) atoms. The Morgan fingerprint density at radius 1 is 0.867 bits per heavy atom. The molecule has 1 unspecified atom stereocenters. The van der Waals surface area contributed by atoms with Crippen molar-refractivity contribution in [3.63, 3.8) is 0 Å². The van der Waals surface area contributed by atoms with Crippen LogP contribution in [-0.2, 0) is 32.6 Å². The summed E-state index contributed by atoms with van der Waals surface area (Å²) in [6.07, 6.45) is 0.242. The van der Waals surface area contributed by atoms with E-state index in [0.717, 1.165) is 25.5 Å². The van der Waals surface area contributed by atoms with Gasteiger partial charge in [0.25, 0.3) is 10.0 Å². The Bertz CT molecular complexity index is 1700. The number of carbonyl (C=O) groups excluding carboxylic acids is 2. The number of halogens is 1. The molecular formula is C35H38BrN3O5S. The van der Waals surface area contributed by atoms with Gasteiger partial charge in [-0.1, -0.05) is 82.2 Å². The summed E-state index contributed by atoms with van der Waals surface area (Å²) in [6.45, 7) is 5.13. The van der Waals surface area contributed by atoms with Gasteiger partial charge in [0.15, 0.2) is 0 Å². The average molecular weight is 693 g/mol. The van der Waals surface area contributed by atoms with Gasteiger partial charge < -0.3 is 15.0 Å². The van der Waals surface area contributed by atoms with Crippen LogP contribution >= 0.6 is 15.9 Å². The van der Waals surface area contributed by atoms with Crippen molar-refractivity contribution < 1.29 is 22.7 Å². The van der Waals surface area contributed by atoms with Crippen LogP contribution in [0.4, 0.5) is 5.69 Å². The topological polar surface area (TPSA) is 96.0 Å². The molecule has 0 aromatic heterocycles. The second kappa shape index (κ2) is 15.2. The van der Waals surface area contributed by atoms with Crippen molar-refractivity contribution in [2.45, 2.75) is 50.7 Å². The second-order valence-corrected chi connectivity index (χ2v) is 13.8. The standard InChI is InChI=1S/C35H38BrN3O5S/c1-25(2)37-35(41)33(21-27-9-6-5-7-10-27)38(23-28-15-17-29(36)18-16-28)34(40)24-39(30-11-8-12-31(22-30)44-4)45(42,43)32-19-13-26(3)14-20-32/h5-20,22,25,33H,21,23-24H2,1-4H3,(H,37,41). The summed E-state index contributed by atoms with van der Waals surface area (Å²) in [6, 6.07) is 28.9.